The summed E-state index contributed by atoms with van der Waals surface area (Å²) in [6.45, 7) is 2.92. The third-order valence-corrected chi connectivity index (χ3v) is 4.54. The van der Waals surface area contributed by atoms with Gasteiger partial charge in [0.05, 0.1) is 29.7 Å². The van der Waals surface area contributed by atoms with E-state index >= 15 is 0 Å². The van der Waals surface area contributed by atoms with Gasteiger partial charge >= 0.3 is 0 Å². The van der Waals surface area contributed by atoms with Crippen molar-refractivity contribution >= 4 is 23.1 Å². The lowest BCUT2D eigenvalue weighted by Gasteiger charge is -2.21. The number of nitrogens with zero attached hydrogens (tertiary/aromatic N) is 3. The van der Waals surface area contributed by atoms with Crippen LogP contribution >= 0.6 is 0 Å². The third kappa shape index (κ3) is 5.29. The molecular formula is C21H27N5O2. The molecule has 148 valence electrons. The first-order chi connectivity index (χ1) is 13.7. The van der Waals surface area contributed by atoms with Gasteiger partial charge in [-0.2, -0.15) is 0 Å². The number of aliphatic hydroxyl groups excluding tert-OH is 1. The summed E-state index contributed by atoms with van der Waals surface area (Å²) < 4.78 is 6.03. The largest absolute Gasteiger partial charge is 0.484 e. The molecule has 0 saturated heterocycles. The second-order valence-electron chi connectivity index (χ2n) is 6.70. The third-order valence-electron chi connectivity index (χ3n) is 4.54. The number of ether oxygens (including phenoxy) is 1. The Morgan fingerprint density at radius 1 is 1.21 bits per heavy atom. The van der Waals surface area contributed by atoms with Gasteiger partial charge in [-0.05, 0) is 25.0 Å². The van der Waals surface area contributed by atoms with Crippen molar-refractivity contribution in [1.29, 1.82) is 0 Å². The summed E-state index contributed by atoms with van der Waals surface area (Å²) in [6, 6.07) is 12.1. The monoisotopic (exact) mass is 381 g/mol. The van der Waals surface area contributed by atoms with Crippen LogP contribution in [-0.4, -0.2) is 41.5 Å². The zero-order valence-corrected chi connectivity index (χ0v) is 16.1. The first-order valence-electron chi connectivity index (χ1n) is 9.61. The highest BCUT2D eigenvalue weighted by Gasteiger charge is 2.15. The van der Waals surface area contributed by atoms with Gasteiger partial charge in [0, 0.05) is 18.0 Å². The van der Waals surface area contributed by atoms with Crippen molar-refractivity contribution in [3.05, 3.63) is 53.5 Å². The second-order valence-corrected chi connectivity index (χ2v) is 6.70. The zero-order chi connectivity index (χ0) is 19.8. The van der Waals surface area contributed by atoms with E-state index < -0.39 is 0 Å². The molecule has 0 saturated carbocycles. The topological polar surface area (TPSA) is 105 Å². The number of guanidine groups is 1. The molecule has 3 rings (SSSR count). The molecule has 0 bridgehead atoms. The summed E-state index contributed by atoms with van der Waals surface area (Å²) in [5.74, 6) is 0.814. The fourth-order valence-corrected chi connectivity index (χ4v) is 3.10. The fourth-order valence-electron chi connectivity index (χ4n) is 3.10. The average Bonchev–Trinajstić information content (AvgIpc) is 2.88. The first kappa shape index (κ1) is 19.8. The number of pyridine rings is 1. The van der Waals surface area contributed by atoms with Gasteiger partial charge in [0.1, 0.15) is 6.61 Å². The van der Waals surface area contributed by atoms with Crippen LogP contribution < -0.4 is 11.1 Å². The van der Waals surface area contributed by atoms with Crippen LogP contribution in [0.15, 0.2) is 57.8 Å². The number of hydrogen-bond acceptors (Lipinski definition) is 7. The SMILES string of the molecule is CCC[C@@H](CCO)NC1=C(OCc2ccc3ccccc3n2)C=NC(N)=NC1. The van der Waals surface area contributed by atoms with Crippen molar-refractivity contribution in [2.24, 2.45) is 15.7 Å². The highest BCUT2D eigenvalue weighted by molar-refractivity contribution is 5.92. The van der Waals surface area contributed by atoms with Crippen LogP contribution in [0.2, 0.25) is 0 Å². The van der Waals surface area contributed by atoms with E-state index in [1.165, 1.54) is 0 Å². The predicted octanol–water partition coefficient (Wildman–Crippen LogP) is 2.50. The summed E-state index contributed by atoms with van der Waals surface area (Å²) in [6.07, 6.45) is 4.21. The molecule has 0 fully saturated rings. The molecule has 2 aromatic rings. The number of hydrogen-bond donors (Lipinski definition) is 3. The Kier molecular flexibility index (Phi) is 6.97. The quantitative estimate of drug-likeness (QED) is 0.619. The van der Waals surface area contributed by atoms with Crippen LogP contribution in [0.5, 0.6) is 0 Å². The number of aliphatic imine (C=N–C) groups is 2. The van der Waals surface area contributed by atoms with Crippen LogP contribution in [0.3, 0.4) is 0 Å². The van der Waals surface area contributed by atoms with Crippen LogP contribution in [0.25, 0.3) is 10.9 Å². The lowest BCUT2D eigenvalue weighted by atomic mass is 10.1. The fraction of sp³-hybridized carbons (Fsp3) is 0.381. The number of nitrogens with two attached hydrogens (primary N) is 1. The van der Waals surface area contributed by atoms with Gasteiger partial charge in [-0.3, -0.25) is 0 Å². The number of fused-ring (bicyclic) bond motifs is 1. The molecule has 0 radical (unpaired) electrons. The minimum Gasteiger partial charge on any atom is -0.484 e. The van der Waals surface area contributed by atoms with E-state index in [1.54, 1.807) is 6.21 Å². The Morgan fingerprint density at radius 2 is 2.07 bits per heavy atom. The Morgan fingerprint density at radius 3 is 2.89 bits per heavy atom. The number of allylic oxidation sites excluding steroid dienone is 1. The molecule has 0 unspecified atom stereocenters. The van der Waals surface area contributed by atoms with Crippen molar-refractivity contribution in [1.82, 2.24) is 10.3 Å². The molecule has 1 aliphatic heterocycles. The van der Waals surface area contributed by atoms with E-state index in [0.29, 0.717) is 25.3 Å². The maximum atomic E-state index is 9.33. The summed E-state index contributed by atoms with van der Waals surface area (Å²) >= 11 is 0. The normalized spacial score (nSPS) is 15.3. The maximum Gasteiger partial charge on any atom is 0.215 e. The van der Waals surface area contributed by atoms with Gasteiger partial charge in [0.25, 0.3) is 0 Å². The molecule has 1 aliphatic rings. The number of aromatic nitrogens is 1. The second kappa shape index (κ2) is 9.85. The predicted molar refractivity (Wildman–Crippen MR) is 112 cm³/mol. The van der Waals surface area contributed by atoms with Crippen molar-refractivity contribution < 1.29 is 9.84 Å². The molecule has 0 aliphatic carbocycles. The molecule has 2 heterocycles. The molecule has 0 spiro atoms. The number of para-hydroxylation sites is 1. The van der Waals surface area contributed by atoms with Gasteiger partial charge in [-0.15, -0.1) is 0 Å². The van der Waals surface area contributed by atoms with E-state index in [1.807, 2.05) is 36.4 Å². The molecule has 1 atom stereocenters. The van der Waals surface area contributed by atoms with Gasteiger partial charge in [0.15, 0.2) is 5.76 Å². The molecule has 1 aromatic heterocycles. The van der Waals surface area contributed by atoms with Crippen LogP contribution in [0, 0.1) is 0 Å². The van der Waals surface area contributed by atoms with E-state index in [2.05, 4.69) is 27.2 Å². The Hall–Kier alpha value is -2.93. The highest BCUT2D eigenvalue weighted by Crippen LogP contribution is 2.15. The highest BCUT2D eigenvalue weighted by atomic mass is 16.5. The smallest absolute Gasteiger partial charge is 0.215 e. The van der Waals surface area contributed by atoms with Crippen molar-refractivity contribution in [2.45, 2.75) is 38.8 Å². The average molecular weight is 381 g/mol. The summed E-state index contributed by atoms with van der Waals surface area (Å²) in [4.78, 5) is 13.0. The number of aliphatic hydroxyl groups is 1. The van der Waals surface area contributed by atoms with Crippen LogP contribution in [0.4, 0.5) is 0 Å². The lowest BCUT2D eigenvalue weighted by Crippen LogP contribution is -2.32. The Labute approximate surface area is 165 Å². The standard InChI is InChI=1S/C21H27N5O2/c1-2-5-16(10-11-27)25-19-12-23-21(22)24-13-20(19)28-14-17-9-8-15-6-3-4-7-18(15)26-17/h3-4,6-9,13,16,25,27H,2,5,10-12,14H2,1H3,(H2,22,23)/t16-/m0/s1. The van der Waals surface area contributed by atoms with Gasteiger partial charge < -0.3 is 20.9 Å². The molecule has 7 heteroatoms. The summed E-state index contributed by atoms with van der Waals surface area (Å²) in [7, 11) is 0. The number of rotatable bonds is 9. The maximum absolute atomic E-state index is 9.33. The molecule has 0 amide bonds. The van der Waals surface area contributed by atoms with E-state index in [9.17, 15) is 5.11 Å². The molecule has 7 nitrogen and oxygen atoms in total. The molecule has 28 heavy (non-hydrogen) atoms. The van der Waals surface area contributed by atoms with E-state index in [0.717, 1.165) is 35.1 Å². The summed E-state index contributed by atoms with van der Waals surface area (Å²) in [5.41, 5.74) is 8.35. The van der Waals surface area contributed by atoms with Gasteiger partial charge in [0.2, 0.25) is 5.96 Å². The van der Waals surface area contributed by atoms with E-state index in [4.69, 9.17) is 10.5 Å². The molecule has 4 N–H and O–H groups in total. The van der Waals surface area contributed by atoms with Crippen molar-refractivity contribution in [3.8, 4) is 0 Å². The van der Waals surface area contributed by atoms with Gasteiger partial charge in [-0.1, -0.05) is 37.6 Å². The van der Waals surface area contributed by atoms with E-state index in [-0.39, 0.29) is 18.6 Å². The Bertz CT molecular complexity index is 885. The Balaban J connectivity index is 1.77. The van der Waals surface area contributed by atoms with Gasteiger partial charge in [-0.25, -0.2) is 15.0 Å². The minimum absolute atomic E-state index is 0.127. The first-order valence-corrected chi connectivity index (χ1v) is 9.61. The van der Waals surface area contributed by atoms with Crippen molar-refractivity contribution in [2.75, 3.05) is 13.2 Å². The van der Waals surface area contributed by atoms with Crippen molar-refractivity contribution in [3.63, 3.8) is 0 Å². The summed E-state index contributed by atoms with van der Waals surface area (Å²) in [5, 5.41) is 13.9. The zero-order valence-electron chi connectivity index (χ0n) is 16.1. The molecular weight excluding hydrogens is 354 g/mol. The number of nitrogens with one attached hydrogen (secondary N) is 1. The van der Waals surface area contributed by atoms with Crippen LogP contribution in [-0.2, 0) is 11.3 Å². The number of benzene rings is 1. The lowest BCUT2D eigenvalue weighted by molar-refractivity contribution is 0.208. The van der Waals surface area contributed by atoms with Crippen LogP contribution in [0.1, 0.15) is 31.9 Å². The molecule has 1 aromatic carbocycles. The minimum atomic E-state index is 0.127.